The van der Waals surface area contributed by atoms with Crippen molar-refractivity contribution in [2.24, 2.45) is 0 Å². The molecule has 1 heterocycles. The zero-order valence-corrected chi connectivity index (χ0v) is 11.8. The van der Waals surface area contributed by atoms with Gasteiger partial charge < -0.3 is 9.64 Å². The number of nitrogens with zero attached hydrogens (tertiary/aromatic N) is 2. The van der Waals surface area contributed by atoms with Crippen LogP contribution < -0.4 is 0 Å². The van der Waals surface area contributed by atoms with E-state index in [0.717, 1.165) is 13.0 Å². The Morgan fingerprint density at radius 3 is 3.10 bits per heavy atom. The standard InChI is InChI=1S/C16H20N2O2/c1-18-9-3-2-7-15(18)8-10-20-16(19)14-6-4-5-13(11-14)12-17/h4-6,11,15H,2-3,7-10H2,1H3/t15-/m0/s1. The molecule has 4 heteroatoms. The molecule has 0 spiro atoms. The van der Waals surface area contributed by atoms with Crippen molar-refractivity contribution in [3.63, 3.8) is 0 Å². The Morgan fingerprint density at radius 1 is 1.50 bits per heavy atom. The molecule has 106 valence electrons. The van der Waals surface area contributed by atoms with Gasteiger partial charge in [0.15, 0.2) is 0 Å². The van der Waals surface area contributed by atoms with Crippen molar-refractivity contribution >= 4 is 5.97 Å². The van der Waals surface area contributed by atoms with Crippen LogP contribution in [0.2, 0.25) is 0 Å². The topological polar surface area (TPSA) is 53.3 Å². The van der Waals surface area contributed by atoms with Crippen LogP contribution in [-0.4, -0.2) is 37.1 Å². The van der Waals surface area contributed by atoms with Crippen LogP contribution in [-0.2, 0) is 4.74 Å². The molecule has 0 bridgehead atoms. The Bertz CT molecular complexity index is 507. The molecule has 20 heavy (non-hydrogen) atoms. The third kappa shape index (κ3) is 3.82. The Labute approximate surface area is 120 Å². The normalized spacial score (nSPS) is 19.3. The molecule has 0 unspecified atom stereocenters. The first-order valence-electron chi connectivity index (χ1n) is 7.08. The van der Waals surface area contributed by atoms with Crippen molar-refractivity contribution in [3.8, 4) is 6.07 Å². The van der Waals surface area contributed by atoms with E-state index in [9.17, 15) is 4.79 Å². The fourth-order valence-corrected chi connectivity index (χ4v) is 2.60. The number of carbonyl (C=O) groups excluding carboxylic acids is 1. The van der Waals surface area contributed by atoms with Gasteiger partial charge in [-0.1, -0.05) is 12.5 Å². The van der Waals surface area contributed by atoms with Gasteiger partial charge in [-0.15, -0.1) is 0 Å². The summed E-state index contributed by atoms with van der Waals surface area (Å²) in [7, 11) is 2.13. The summed E-state index contributed by atoms with van der Waals surface area (Å²) < 4.78 is 5.30. The summed E-state index contributed by atoms with van der Waals surface area (Å²) in [6, 6.07) is 9.15. The summed E-state index contributed by atoms with van der Waals surface area (Å²) in [5.74, 6) is -0.347. The van der Waals surface area contributed by atoms with E-state index >= 15 is 0 Å². The van der Waals surface area contributed by atoms with Crippen molar-refractivity contribution in [1.82, 2.24) is 4.90 Å². The molecule has 0 radical (unpaired) electrons. The van der Waals surface area contributed by atoms with Crippen molar-refractivity contribution in [2.75, 3.05) is 20.2 Å². The lowest BCUT2D eigenvalue weighted by Crippen LogP contribution is -2.37. The average Bonchev–Trinajstić information content (AvgIpc) is 2.49. The van der Waals surface area contributed by atoms with Crippen molar-refractivity contribution in [1.29, 1.82) is 5.26 Å². The monoisotopic (exact) mass is 272 g/mol. The van der Waals surface area contributed by atoms with Crippen LogP contribution in [0.15, 0.2) is 24.3 Å². The van der Waals surface area contributed by atoms with Crippen molar-refractivity contribution < 1.29 is 9.53 Å². The molecular formula is C16H20N2O2. The first-order chi connectivity index (χ1) is 9.70. The highest BCUT2D eigenvalue weighted by Gasteiger charge is 2.19. The Morgan fingerprint density at radius 2 is 2.35 bits per heavy atom. The molecular weight excluding hydrogens is 252 g/mol. The van der Waals surface area contributed by atoms with Crippen LogP contribution in [0, 0.1) is 11.3 Å². The molecule has 2 rings (SSSR count). The number of rotatable bonds is 4. The minimum absolute atomic E-state index is 0.347. The smallest absolute Gasteiger partial charge is 0.338 e. The average molecular weight is 272 g/mol. The molecule has 4 nitrogen and oxygen atoms in total. The van der Waals surface area contributed by atoms with Gasteiger partial charge in [-0.2, -0.15) is 5.26 Å². The number of carbonyl (C=O) groups is 1. The second-order valence-corrected chi connectivity index (χ2v) is 5.25. The number of hydrogen-bond donors (Lipinski definition) is 0. The zero-order valence-electron chi connectivity index (χ0n) is 11.8. The molecule has 1 atom stereocenters. The molecule has 0 aromatic heterocycles. The summed E-state index contributed by atoms with van der Waals surface area (Å²) in [5, 5.41) is 8.81. The maximum atomic E-state index is 11.9. The van der Waals surface area contributed by atoms with Gasteiger partial charge in [0.1, 0.15) is 0 Å². The molecule has 0 N–H and O–H groups in total. The van der Waals surface area contributed by atoms with E-state index in [1.54, 1.807) is 24.3 Å². The van der Waals surface area contributed by atoms with Gasteiger partial charge in [-0.3, -0.25) is 0 Å². The molecule has 0 aliphatic carbocycles. The lowest BCUT2D eigenvalue weighted by atomic mass is 10.0. The molecule has 1 saturated heterocycles. The maximum Gasteiger partial charge on any atom is 0.338 e. The van der Waals surface area contributed by atoms with Gasteiger partial charge >= 0.3 is 5.97 Å². The first kappa shape index (κ1) is 14.5. The third-order valence-corrected chi connectivity index (χ3v) is 3.83. The summed E-state index contributed by atoms with van der Waals surface area (Å²) >= 11 is 0. The summed E-state index contributed by atoms with van der Waals surface area (Å²) in [4.78, 5) is 14.2. The number of nitriles is 1. The highest BCUT2D eigenvalue weighted by molar-refractivity contribution is 5.89. The van der Waals surface area contributed by atoms with Crippen molar-refractivity contribution in [2.45, 2.75) is 31.7 Å². The van der Waals surface area contributed by atoms with E-state index in [2.05, 4.69) is 11.9 Å². The lowest BCUT2D eigenvalue weighted by Gasteiger charge is -2.32. The van der Waals surface area contributed by atoms with Gasteiger partial charge in [0.05, 0.1) is 23.8 Å². The van der Waals surface area contributed by atoms with E-state index < -0.39 is 0 Å². The number of hydrogen-bond acceptors (Lipinski definition) is 4. The molecule has 1 aromatic carbocycles. The number of ether oxygens (including phenoxy) is 1. The maximum absolute atomic E-state index is 11.9. The van der Waals surface area contributed by atoms with E-state index in [1.807, 2.05) is 6.07 Å². The van der Waals surface area contributed by atoms with E-state index in [-0.39, 0.29) is 5.97 Å². The van der Waals surface area contributed by atoms with Gasteiger partial charge in [0.2, 0.25) is 0 Å². The predicted octanol–water partition coefficient (Wildman–Crippen LogP) is 2.59. The Kier molecular flexibility index (Phi) is 5.14. The van der Waals surface area contributed by atoms with Crippen LogP contribution in [0.5, 0.6) is 0 Å². The third-order valence-electron chi connectivity index (χ3n) is 3.83. The Balaban J connectivity index is 1.81. The fraction of sp³-hybridized carbons (Fsp3) is 0.500. The number of likely N-dealkylation sites (tertiary alicyclic amines) is 1. The molecule has 0 amide bonds. The quantitative estimate of drug-likeness (QED) is 0.791. The molecule has 1 aliphatic heterocycles. The predicted molar refractivity (Wildman–Crippen MR) is 76.3 cm³/mol. The second-order valence-electron chi connectivity index (χ2n) is 5.25. The lowest BCUT2D eigenvalue weighted by molar-refractivity contribution is 0.0450. The summed E-state index contributed by atoms with van der Waals surface area (Å²) in [6.07, 6.45) is 4.57. The highest BCUT2D eigenvalue weighted by atomic mass is 16.5. The van der Waals surface area contributed by atoms with Crippen LogP contribution in [0.1, 0.15) is 41.6 Å². The summed E-state index contributed by atoms with van der Waals surface area (Å²) in [5.41, 5.74) is 0.924. The van der Waals surface area contributed by atoms with Gasteiger partial charge in [0, 0.05) is 6.04 Å². The number of esters is 1. The van der Waals surface area contributed by atoms with E-state index in [4.69, 9.17) is 10.00 Å². The fourth-order valence-electron chi connectivity index (χ4n) is 2.60. The summed E-state index contributed by atoms with van der Waals surface area (Å²) in [6.45, 7) is 1.56. The van der Waals surface area contributed by atoms with Gasteiger partial charge in [-0.05, 0) is 51.1 Å². The minimum Gasteiger partial charge on any atom is -0.462 e. The Hall–Kier alpha value is -1.86. The molecule has 1 aromatic rings. The minimum atomic E-state index is -0.347. The molecule has 1 fully saturated rings. The largest absolute Gasteiger partial charge is 0.462 e. The van der Waals surface area contributed by atoms with E-state index in [0.29, 0.717) is 23.8 Å². The number of piperidine rings is 1. The first-order valence-corrected chi connectivity index (χ1v) is 7.08. The van der Waals surface area contributed by atoms with Gasteiger partial charge in [0.25, 0.3) is 0 Å². The SMILES string of the molecule is CN1CCCC[C@H]1CCOC(=O)c1cccc(C#N)c1. The molecule has 1 aliphatic rings. The van der Waals surface area contributed by atoms with Crippen LogP contribution in [0.25, 0.3) is 0 Å². The van der Waals surface area contributed by atoms with Gasteiger partial charge in [-0.25, -0.2) is 4.79 Å². The van der Waals surface area contributed by atoms with Crippen LogP contribution in [0.4, 0.5) is 0 Å². The van der Waals surface area contributed by atoms with E-state index in [1.165, 1.54) is 19.3 Å². The van der Waals surface area contributed by atoms with Crippen molar-refractivity contribution in [3.05, 3.63) is 35.4 Å². The number of benzene rings is 1. The second kappa shape index (κ2) is 7.06. The van der Waals surface area contributed by atoms with Crippen LogP contribution in [0.3, 0.4) is 0 Å². The van der Waals surface area contributed by atoms with Crippen LogP contribution >= 0.6 is 0 Å². The highest BCUT2D eigenvalue weighted by Crippen LogP contribution is 2.17. The molecule has 0 saturated carbocycles. The zero-order chi connectivity index (χ0) is 14.4.